The zero-order valence-corrected chi connectivity index (χ0v) is 10.3. The average Bonchev–Trinajstić information content (AvgIpc) is 2.68. The van der Waals surface area contributed by atoms with Gasteiger partial charge in [0.05, 0.1) is 0 Å². The summed E-state index contributed by atoms with van der Waals surface area (Å²) in [7, 11) is 0. The van der Waals surface area contributed by atoms with Gasteiger partial charge in [-0.3, -0.25) is 0 Å². The standard InChI is InChI=1S/C13H17NOS/c1-9-2-3-12-10(6-9)11(14)7-13(15-12)4-5-16-8-13/h2-3,6,11H,4-5,7-8,14H2,1H3. The lowest BCUT2D eigenvalue weighted by Crippen LogP contribution is -2.43. The topological polar surface area (TPSA) is 35.2 Å². The van der Waals surface area contributed by atoms with Crippen LogP contribution >= 0.6 is 11.8 Å². The maximum Gasteiger partial charge on any atom is 0.124 e. The molecule has 0 aromatic heterocycles. The fourth-order valence-electron chi connectivity index (χ4n) is 2.67. The minimum atomic E-state index is 0.0202. The summed E-state index contributed by atoms with van der Waals surface area (Å²) < 4.78 is 6.20. The monoisotopic (exact) mass is 235 g/mol. The average molecular weight is 235 g/mol. The first kappa shape index (κ1) is 10.5. The first-order chi connectivity index (χ1) is 7.69. The minimum absolute atomic E-state index is 0.0202. The molecule has 3 rings (SSSR count). The van der Waals surface area contributed by atoms with Gasteiger partial charge in [0.2, 0.25) is 0 Å². The molecule has 1 aromatic carbocycles. The molecule has 2 atom stereocenters. The minimum Gasteiger partial charge on any atom is -0.486 e. The van der Waals surface area contributed by atoms with Crippen LogP contribution in [0.4, 0.5) is 0 Å². The Kier molecular flexibility index (Phi) is 2.41. The van der Waals surface area contributed by atoms with Crippen LogP contribution in [0.2, 0.25) is 0 Å². The fourth-order valence-corrected chi connectivity index (χ4v) is 4.02. The third kappa shape index (κ3) is 1.62. The van der Waals surface area contributed by atoms with Crippen LogP contribution in [0.5, 0.6) is 5.75 Å². The van der Waals surface area contributed by atoms with E-state index in [4.69, 9.17) is 10.5 Å². The van der Waals surface area contributed by atoms with Gasteiger partial charge in [-0.2, -0.15) is 11.8 Å². The number of aryl methyl sites for hydroxylation is 1. The molecular weight excluding hydrogens is 218 g/mol. The highest BCUT2D eigenvalue weighted by atomic mass is 32.2. The molecule has 1 aromatic rings. The third-order valence-electron chi connectivity index (χ3n) is 3.55. The Labute approximate surface area is 101 Å². The van der Waals surface area contributed by atoms with Gasteiger partial charge < -0.3 is 10.5 Å². The van der Waals surface area contributed by atoms with Gasteiger partial charge in [0, 0.05) is 23.8 Å². The molecule has 2 N–H and O–H groups in total. The van der Waals surface area contributed by atoms with Crippen LogP contribution in [0.1, 0.15) is 30.0 Å². The maximum absolute atomic E-state index is 6.28. The Bertz CT molecular complexity index is 412. The zero-order chi connectivity index (χ0) is 11.2. The summed E-state index contributed by atoms with van der Waals surface area (Å²) in [6.45, 7) is 2.10. The largest absolute Gasteiger partial charge is 0.486 e. The summed E-state index contributed by atoms with van der Waals surface area (Å²) in [5.41, 5.74) is 8.74. The molecule has 3 heteroatoms. The summed E-state index contributed by atoms with van der Waals surface area (Å²) in [5.74, 6) is 3.30. The van der Waals surface area contributed by atoms with E-state index in [-0.39, 0.29) is 11.6 Å². The van der Waals surface area contributed by atoms with Crippen molar-refractivity contribution >= 4 is 11.8 Å². The molecule has 2 nitrogen and oxygen atoms in total. The SMILES string of the molecule is Cc1ccc2c(c1)C(N)CC1(CCSC1)O2. The second-order valence-corrected chi connectivity index (χ2v) is 6.04. The number of rotatable bonds is 0. The molecule has 0 saturated carbocycles. The quantitative estimate of drug-likeness (QED) is 0.751. The van der Waals surface area contributed by atoms with Crippen molar-refractivity contribution < 1.29 is 4.74 Å². The van der Waals surface area contributed by atoms with Crippen molar-refractivity contribution in [3.63, 3.8) is 0 Å². The Balaban J connectivity index is 1.99. The number of hydrogen-bond donors (Lipinski definition) is 1. The van der Waals surface area contributed by atoms with Gasteiger partial charge in [-0.25, -0.2) is 0 Å². The molecule has 1 fully saturated rings. The van der Waals surface area contributed by atoms with E-state index in [1.54, 1.807) is 0 Å². The summed E-state index contributed by atoms with van der Waals surface area (Å²) >= 11 is 1.98. The van der Waals surface area contributed by atoms with E-state index in [0.717, 1.165) is 24.3 Å². The van der Waals surface area contributed by atoms with E-state index < -0.39 is 0 Å². The van der Waals surface area contributed by atoms with Crippen molar-refractivity contribution in [3.05, 3.63) is 29.3 Å². The Morgan fingerprint density at radius 3 is 3.12 bits per heavy atom. The van der Waals surface area contributed by atoms with E-state index in [0.29, 0.717) is 0 Å². The van der Waals surface area contributed by atoms with E-state index in [9.17, 15) is 0 Å². The van der Waals surface area contributed by atoms with E-state index in [1.165, 1.54) is 16.9 Å². The summed E-state index contributed by atoms with van der Waals surface area (Å²) in [6, 6.07) is 6.48. The molecule has 1 saturated heterocycles. The summed E-state index contributed by atoms with van der Waals surface area (Å²) in [5, 5.41) is 0. The lowest BCUT2D eigenvalue weighted by Gasteiger charge is -2.38. The van der Waals surface area contributed by atoms with Crippen LogP contribution < -0.4 is 10.5 Å². The number of hydrogen-bond acceptors (Lipinski definition) is 3. The molecule has 1 spiro atoms. The Morgan fingerprint density at radius 1 is 1.50 bits per heavy atom. The maximum atomic E-state index is 6.28. The molecule has 0 radical (unpaired) electrons. The van der Waals surface area contributed by atoms with Gasteiger partial charge in [0.15, 0.2) is 0 Å². The third-order valence-corrected chi connectivity index (χ3v) is 4.77. The van der Waals surface area contributed by atoms with Crippen molar-refractivity contribution in [2.24, 2.45) is 5.73 Å². The molecule has 0 amide bonds. The van der Waals surface area contributed by atoms with Gasteiger partial charge in [0.1, 0.15) is 11.4 Å². The predicted molar refractivity (Wildman–Crippen MR) is 68.0 cm³/mol. The number of ether oxygens (including phenoxy) is 1. The molecular formula is C13H17NOS. The molecule has 0 bridgehead atoms. The fraction of sp³-hybridized carbons (Fsp3) is 0.538. The Morgan fingerprint density at radius 2 is 2.38 bits per heavy atom. The molecule has 2 aliphatic rings. The van der Waals surface area contributed by atoms with Crippen molar-refractivity contribution in [1.82, 2.24) is 0 Å². The van der Waals surface area contributed by atoms with Crippen LogP contribution in [0.25, 0.3) is 0 Å². The smallest absolute Gasteiger partial charge is 0.124 e. The molecule has 2 aliphatic heterocycles. The molecule has 0 aliphatic carbocycles. The molecule has 2 unspecified atom stereocenters. The molecule has 86 valence electrons. The van der Waals surface area contributed by atoms with Gasteiger partial charge in [-0.15, -0.1) is 0 Å². The first-order valence-corrected chi connectivity index (χ1v) is 6.97. The lowest BCUT2D eigenvalue weighted by molar-refractivity contribution is 0.0615. The van der Waals surface area contributed by atoms with E-state index >= 15 is 0 Å². The first-order valence-electron chi connectivity index (χ1n) is 5.81. The normalized spacial score (nSPS) is 32.5. The van der Waals surface area contributed by atoms with Gasteiger partial charge in [-0.1, -0.05) is 17.7 Å². The van der Waals surface area contributed by atoms with Gasteiger partial charge in [-0.05, 0) is 25.2 Å². The second-order valence-electron chi connectivity index (χ2n) is 4.94. The van der Waals surface area contributed by atoms with Crippen LogP contribution in [0, 0.1) is 6.92 Å². The van der Waals surface area contributed by atoms with Crippen LogP contribution in [0.15, 0.2) is 18.2 Å². The highest BCUT2D eigenvalue weighted by Crippen LogP contribution is 2.45. The van der Waals surface area contributed by atoms with Crippen LogP contribution in [0.3, 0.4) is 0 Å². The van der Waals surface area contributed by atoms with Crippen molar-refractivity contribution in [2.75, 3.05) is 11.5 Å². The molecule has 16 heavy (non-hydrogen) atoms. The summed E-state index contributed by atoms with van der Waals surface area (Å²) in [4.78, 5) is 0. The number of benzene rings is 1. The summed E-state index contributed by atoms with van der Waals surface area (Å²) in [6.07, 6.45) is 2.11. The van der Waals surface area contributed by atoms with Gasteiger partial charge >= 0.3 is 0 Å². The second kappa shape index (κ2) is 3.67. The van der Waals surface area contributed by atoms with Crippen molar-refractivity contribution in [1.29, 1.82) is 0 Å². The van der Waals surface area contributed by atoms with Crippen molar-refractivity contribution in [3.8, 4) is 5.75 Å². The van der Waals surface area contributed by atoms with E-state index in [1.807, 2.05) is 11.8 Å². The van der Waals surface area contributed by atoms with E-state index in [2.05, 4.69) is 25.1 Å². The zero-order valence-electron chi connectivity index (χ0n) is 9.53. The van der Waals surface area contributed by atoms with Crippen LogP contribution in [-0.4, -0.2) is 17.1 Å². The van der Waals surface area contributed by atoms with Crippen LogP contribution in [-0.2, 0) is 0 Å². The number of thioether (sulfide) groups is 1. The Hall–Kier alpha value is -0.670. The number of fused-ring (bicyclic) bond motifs is 1. The predicted octanol–water partition coefficient (Wildman–Crippen LogP) is 2.65. The highest BCUT2D eigenvalue weighted by Gasteiger charge is 2.42. The lowest BCUT2D eigenvalue weighted by atomic mass is 9.87. The highest BCUT2D eigenvalue weighted by molar-refractivity contribution is 7.99. The van der Waals surface area contributed by atoms with Gasteiger partial charge in [0.25, 0.3) is 0 Å². The number of nitrogens with two attached hydrogens (primary N) is 1. The molecule has 2 heterocycles. The van der Waals surface area contributed by atoms with Crippen molar-refractivity contribution in [2.45, 2.75) is 31.4 Å².